The Bertz CT molecular complexity index is 1300. The van der Waals surface area contributed by atoms with Crippen LogP contribution in [0.1, 0.15) is 17.5 Å². The Hall–Kier alpha value is -3.94. The third-order valence-electron chi connectivity index (χ3n) is 5.46. The van der Waals surface area contributed by atoms with Crippen LogP contribution in [0.4, 0.5) is 26.0 Å². The second kappa shape index (κ2) is 8.30. The molecule has 0 saturated carbocycles. The number of carbonyl (C=O) groups is 1. The number of aromatic nitrogens is 2. The highest BCUT2D eigenvalue weighted by Crippen LogP contribution is 2.29. The molecule has 5 rings (SSSR count). The maximum Gasteiger partial charge on any atom is 0.387 e. The van der Waals surface area contributed by atoms with E-state index in [1.54, 1.807) is 30.5 Å². The van der Waals surface area contributed by atoms with Gasteiger partial charge in [0.05, 0.1) is 12.1 Å². The average molecular weight is 434 g/mol. The van der Waals surface area contributed by atoms with Crippen LogP contribution < -0.4 is 15.4 Å². The van der Waals surface area contributed by atoms with E-state index in [1.165, 1.54) is 0 Å². The topological polar surface area (TPSA) is 68.2 Å². The van der Waals surface area contributed by atoms with Crippen molar-refractivity contribution in [2.45, 2.75) is 26.0 Å². The predicted octanol–water partition coefficient (Wildman–Crippen LogP) is 5.31. The van der Waals surface area contributed by atoms with Crippen molar-refractivity contribution in [2.75, 3.05) is 10.6 Å². The molecule has 2 aromatic heterocycles. The number of benzene rings is 2. The van der Waals surface area contributed by atoms with Crippen LogP contribution in [0.25, 0.3) is 10.9 Å². The van der Waals surface area contributed by atoms with Crippen molar-refractivity contribution in [2.24, 2.45) is 0 Å². The molecular formula is C24H20F2N4O2. The molecule has 3 heterocycles. The fraction of sp³-hybridized carbons (Fsp3) is 0.167. The number of amides is 1. The fourth-order valence-corrected chi connectivity index (χ4v) is 3.93. The largest absolute Gasteiger partial charge is 0.434 e. The maximum atomic E-state index is 12.8. The van der Waals surface area contributed by atoms with Crippen LogP contribution in [0, 0.1) is 0 Å². The van der Waals surface area contributed by atoms with Gasteiger partial charge in [0.2, 0.25) is 5.91 Å². The Morgan fingerprint density at radius 3 is 2.88 bits per heavy atom. The molecule has 8 heteroatoms. The highest BCUT2D eigenvalue weighted by Gasteiger charge is 2.15. The molecule has 32 heavy (non-hydrogen) atoms. The lowest BCUT2D eigenvalue weighted by Crippen LogP contribution is -2.18. The van der Waals surface area contributed by atoms with Gasteiger partial charge < -0.3 is 19.9 Å². The summed E-state index contributed by atoms with van der Waals surface area (Å²) in [6.07, 6.45) is 4.85. The number of hydrogen-bond donors (Lipinski definition) is 2. The van der Waals surface area contributed by atoms with Gasteiger partial charge in [0.25, 0.3) is 0 Å². The molecule has 4 aromatic rings. The molecule has 2 N–H and O–H groups in total. The molecule has 1 amide bonds. The summed E-state index contributed by atoms with van der Waals surface area (Å²) in [6, 6.07) is 16.4. The van der Waals surface area contributed by atoms with Crippen LogP contribution >= 0.6 is 0 Å². The second-order valence-corrected chi connectivity index (χ2v) is 7.60. The smallest absolute Gasteiger partial charge is 0.387 e. The minimum atomic E-state index is -2.87. The molecule has 1 aliphatic rings. The average Bonchev–Trinajstić information content (AvgIpc) is 3.17. The number of fused-ring (bicyclic) bond motifs is 2. The summed E-state index contributed by atoms with van der Waals surface area (Å²) in [5, 5.41) is 7.13. The molecule has 0 fully saturated rings. The Labute approximate surface area is 182 Å². The van der Waals surface area contributed by atoms with Gasteiger partial charge in [-0.05, 0) is 42.3 Å². The zero-order valence-electron chi connectivity index (χ0n) is 17.0. The van der Waals surface area contributed by atoms with Crippen molar-refractivity contribution >= 4 is 34.0 Å². The zero-order valence-corrected chi connectivity index (χ0v) is 17.0. The normalized spacial score (nSPS) is 13.2. The number of pyridine rings is 1. The summed E-state index contributed by atoms with van der Waals surface area (Å²) < 4.78 is 32.1. The fourth-order valence-electron chi connectivity index (χ4n) is 3.93. The molecule has 162 valence electrons. The Kier molecular flexibility index (Phi) is 5.18. The van der Waals surface area contributed by atoms with Gasteiger partial charge in [-0.3, -0.25) is 4.79 Å². The lowest BCUT2D eigenvalue weighted by atomic mass is 10.0. The lowest BCUT2D eigenvalue weighted by Gasteiger charge is -2.18. The molecule has 1 aliphatic heterocycles. The summed E-state index contributed by atoms with van der Waals surface area (Å²) in [6.45, 7) is -2.49. The van der Waals surface area contributed by atoms with E-state index in [1.807, 2.05) is 41.1 Å². The van der Waals surface area contributed by atoms with Crippen LogP contribution in [0.3, 0.4) is 0 Å². The minimum Gasteiger partial charge on any atom is -0.434 e. The van der Waals surface area contributed by atoms with Crippen LogP contribution in [0.5, 0.6) is 5.75 Å². The van der Waals surface area contributed by atoms with E-state index in [-0.39, 0.29) is 11.7 Å². The molecule has 0 unspecified atom stereocenters. The first-order valence-corrected chi connectivity index (χ1v) is 10.2. The van der Waals surface area contributed by atoms with Crippen molar-refractivity contribution in [3.63, 3.8) is 0 Å². The minimum absolute atomic E-state index is 0.0339. The van der Waals surface area contributed by atoms with Crippen LogP contribution in [0.2, 0.25) is 0 Å². The SMILES string of the molecule is O=C1CCc2cc(Nc3cc4c(ccn4Cc4ccccc4OC(F)F)cn3)ccc2N1. The van der Waals surface area contributed by atoms with Crippen LogP contribution in [0.15, 0.2) is 67.0 Å². The number of rotatable bonds is 6. The van der Waals surface area contributed by atoms with Crippen molar-refractivity contribution in [1.29, 1.82) is 0 Å². The third-order valence-corrected chi connectivity index (χ3v) is 5.46. The lowest BCUT2D eigenvalue weighted by molar-refractivity contribution is -0.116. The third kappa shape index (κ3) is 4.12. The molecule has 0 bridgehead atoms. The van der Waals surface area contributed by atoms with Gasteiger partial charge in [0.1, 0.15) is 11.6 Å². The number of halogens is 2. The molecule has 2 aromatic carbocycles. The van der Waals surface area contributed by atoms with Gasteiger partial charge in [-0.2, -0.15) is 8.78 Å². The predicted molar refractivity (Wildman–Crippen MR) is 119 cm³/mol. The van der Waals surface area contributed by atoms with Gasteiger partial charge in [0.15, 0.2) is 0 Å². The molecule has 6 nitrogen and oxygen atoms in total. The van der Waals surface area contributed by atoms with Crippen LogP contribution in [-0.2, 0) is 17.8 Å². The number of alkyl halides is 2. The van der Waals surface area contributed by atoms with Crippen molar-refractivity contribution in [3.05, 3.63) is 78.1 Å². The number of hydrogen-bond acceptors (Lipinski definition) is 4. The number of ether oxygens (including phenoxy) is 1. The molecular weight excluding hydrogens is 414 g/mol. The first-order chi connectivity index (χ1) is 15.5. The molecule has 0 saturated heterocycles. The van der Waals surface area contributed by atoms with Gasteiger partial charge in [-0.1, -0.05) is 18.2 Å². The number of para-hydroxylation sites is 1. The van der Waals surface area contributed by atoms with Gasteiger partial charge in [-0.25, -0.2) is 4.98 Å². The van der Waals surface area contributed by atoms with Crippen LogP contribution in [-0.4, -0.2) is 22.1 Å². The van der Waals surface area contributed by atoms with Crippen molar-refractivity contribution < 1.29 is 18.3 Å². The first kappa shape index (κ1) is 20.0. The number of nitrogens with zero attached hydrogens (tertiary/aromatic N) is 2. The van der Waals surface area contributed by atoms with E-state index >= 15 is 0 Å². The summed E-state index contributed by atoms with van der Waals surface area (Å²) in [5.41, 5.74) is 4.37. The number of anilines is 3. The quantitative estimate of drug-likeness (QED) is 0.431. The van der Waals surface area contributed by atoms with Crippen molar-refractivity contribution in [1.82, 2.24) is 9.55 Å². The van der Waals surface area contributed by atoms with Gasteiger partial charge in [-0.15, -0.1) is 0 Å². The standard InChI is InChI=1S/C24H20F2N4O2/c25-24(26)32-21-4-2-1-3-17(21)14-30-10-9-16-13-27-22(12-20(16)30)28-18-6-7-19-15(11-18)5-8-23(31)29-19/h1-4,6-7,9-13,24H,5,8,14H2,(H,27,28)(H,29,31). The molecule has 0 atom stereocenters. The zero-order chi connectivity index (χ0) is 22.1. The summed E-state index contributed by atoms with van der Waals surface area (Å²) >= 11 is 0. The number of carbonyl (C=O) groups excluding carboxylic acids is 1. The molecule has 0 radical (unpaired) electrons. The Morgan fingerprint density at radius 1 is 1.12 bits per heavy atom. The first-order valence-electron chi connectivity index (χ1n) is 10.2. The van der Waals surface area contributed by atoms with E-state index in [9.17, 15) is 13.6 Å². The molecule has 0 spiro atoms. The second-order valence-electron chi connectivity index (χ2n) is 7.60. The maximum absolute atomic E-state index is 12.8. The summed E-state index contributed by atoms with van der Waals surface area (Å²) in [5.74, 6) is 0.860. The highest BCUT2D eigenvalue weighted by atomic mass is 19.3. The highest BCUT2D eigenvalue weighted by molar-refractivity contribution is 5.94. The van der Waals surface area contributed by atoms with E-state index in [0.29, 0.717) is 30.8 Å². The summed E-state index contributed by atoms with van der Waals surface area (Å²) in [4.78, 5) is 16.0. The van der Waals surface area contributed by atoms with Gasteiger partial charge >= 0.3 is 6.61 Å². The van der Waals surface area contributed by atoms with E-state index < -0.39 is 6.61 Å². The Morgan fingerprint density at radius 2 is 2.00 bits per heavy atom. The van der Waals surface area contributed by atoms with Crippen molar-refractivity contribution in [3.8, 4) is 5.75 Å². The number of aryl methyl sites for hydroxylation is 1. The Balaban J connectivity index is 1.41. The summed E-state index contributed by atoms with van der Waals surface area (Å²) in [7, 11) is 0. The monoisotopic (exact) mass is 434 g/mol. The van der Waals surface area contributed by atoms with E-state index in [2.05, 4.69) is 20.4 Å². The van der Waals surface area contributed by atoms with Gasteiger partial charge in [0, 0.05) is 47.2 Å². The van der Waals surface area contributed by atoms with E-state index in [0.717, 1.165) is 27.8 Å². The number of nitrogens with one attached hydrogen (secondary N) is 2. The van der Waals surface area contributed by atoms with E-state index in [4.69, 9.17) is 0 Å². The molecule has 0 aliphatic carbocycles.